The molecule has 0 spiro atoms. The van der Waals surface area contributed by atoms with E-state index in [1.54, 1.807) is 0 Å². The van der Waals surface area contributed by atoms with E-state index in [0.29, 0.717) is 16.3 Å². The van der Waals surface area contributed by atoms with Gasteiger partial charge >= 0.3 is 0 Å². The summed E-state index contributed by atoms with van der Waals surface area (Å²) in [5.74, 6) is 0.0747. The molecule has 1 aliphatic carbocycles. The minimum atomic E-state index is -0.449. The number of benzene rings is 1. The van der Waals surface area contributed by atoms with Gasteiger partial charge < -0.3 is 10.1 Å². The number of ether oxygens (including phenoxy) is 1. The van der Waals surface area contributed by atoms with Crippen molar-refractivity contribution < 1.29 is 9.13 Å². The van der Waals surface area contributed by atoms with Crippen molar-refractivity contribution in [3.05, 3.63) is 27.4 Å². The lowest BCUT2D eigenvalue weighted by Crippen LogP contribution is -2.47. The van der Waals surface area contributed by atoms with Gasteiger partial charge in [0.25, 0.3) is 0 Å². The monoisotopic (exact) mass is 335 g/mol. The number of rotatable bonds is 5. The molecule has 1 saturated carbocycles. The molecule has 1 aromatic carbocycles. The zero-order valence-electron chi connectivity index (χ0n) is 10.2. The Bertz CT molecular complexity index is 424. The van der Waals surface area contributed by atoms with Gasteiger partial charge in [0.2, 0.25) is 0 Å². The molecule has 1 aliphatic rings. The fourth-order valence-corrected chi connectivity index (χ4v) is 2.68. The molecule has 5 heteroatoms. The first kappa shape index (κ1) is 14.1. The van der Waals surface area contributed by atoms with E-state index in [1.807, 2.05) is 0 Å². The highest BCUT2D eigenvalue weighted by molar-refractivity contribution is 9.10. The maximum atomic E-state index is 13.3. The quantitative estimate of drug-likeness (QED) is 0.816. The van der Waals surface area contributed by atoms with Crippen molar-refractivity contribution in [3.63, 3.8) is 0 Å². The van der Waals surface area contributed by atoms with Crippen LogP contribution in [0.4, 0.5) is 4.39 Å². The van der Waals surface area contributed by atoms with Crippen LogP contribution in [0.25, 0.3) is 0 Å². The predicted molar refractivity (Wildman–Crippen MR) is 74.8 cm³/mol. The Hall–Kier alpha value is -0.320. The Balaban J connectivity index is 1.87. The molecule has 0 aromatic heterocycles. The van der Waals surface area contributed by atoms with Crippen molar-refractivity contribution in [2.24, 2.45) is 0 Å². The van der Waals surface area contributed by atoms with Crippen LogP contribution in [0, 0.1) is 5.82 Å². The zero-order valence-corrected chi connectivity index (χ0v) is 12.5. The van der Waals surface area contributed by atoms with Gasteiger partial charge in [-0.05, 0) is 47.8 Å². The van der Waals surface area contributed by atoms with Crippen molar-refractivity contribution in [2.45, 2.75) is 38.3 Å². The molecule has 0 atom stereocenters. The Morgan fingerprint density at radius 1 is 1.50 bits per heavy atom. The largest absolute Gasteiger partial charge is 0.489 e. The summed E-state index contributed by atoms with van der Waals surface area (Å²) in [5, 5.41) is 3.53. The molecule has 0 heterocycles. The highest BCUT2D eigenvalue weighted by Crippen LogP contribution is 2.34. The summed E-state index contributed by atoms with van der Waals surface area (Å²) in [4.78, 5) is 0. The normalized spacial score (nSPS) is 22.7. The maximum absolute atomic E-state index is 13.3. The number of halogens is 3. The molecule has 1 fully saturated rings. The Morgan fingerprint density at radius 3 is 2.89 bits per heavy atom. The van der Waals surface area contributed by atoms with Crippen LogP contribution in [0.15, 0.2) is 16.6 Å². The van der Waals surface area contributed by atoms with Gasteiger partial charge in [0.15, 0.2) is 0 Å². The van der Waals surface area contributed by atoms with Crippen LogP contribution in [0.2, 0.25) is 5.02 Å². The number of hydrogen-bond acceptors (Lipinski definition) is 2. The lowest BCUT2D eigenvalue weighted by molar-refractivity contribution is 0.0842. The summed E-state index contributed by atoms with van der Waals surface area (Å²) < 4.78 is 19.8. The van der Waals surface area contributed by atoms with E-state index in [1.165, 1.54) is 12.1 Å². The molecule has 0 aliphatic heterocycles. The molecular formula is C13H16BrClFNO. The molecule has 0 amide bonds. The fourth-order valence-electron chi connectivity index (χ4n) is 1.95. The van der Waals surface area contributed by atoms with Crippen molar-refractivity contribution >= 4 is 27.5 Å². The molecule has 0 saturated heterocycles. The van der Waals surface area contributed by atoms with Gasteiger partial charge in [0.05, 0.1) is 9.50 Å². The van der Waals surface area contributed by atoms with E-state index in [0.717, 1.165) is 25.8 Å². The van der Waals surface area contributed by atoms with Crippen LogP contribution < -0.4 is 10.1 Å². The molecule has 1 aromatic rings. The molecule has 0 bridgehead atoms. The van der Waals surface area contributed by atoms with E-state index < -0.39 is 5.82 Å². The third-order valence-electron chi connectivity index (χ3n) is 3.05. The standard InChI is InChI=1S/C13H16BrClFNO/c1-2-3-17-8-4-9(5-8)18-13-7-12(16)11(15)6-10(13)14/h6-9,17H,2-5H2,1H3. The lowest BCUT2D eigenvalue weighted by Gasteiger charge is -2.36. The van der Waals surface area contributed by atoms with Gasteiger partial charge in [-0.1, -0.05) is 18.5 Å². The highest BCUT2D eigenvalue weighted by Gasteiger charge is 2.30. The van der Waals surface area contributed by atoms with E-state index in [4.69, 9.17) is 16.3 Å². The summed E-state index contributed by atoms with van der Waals surface area (Å²) >= 11 is 9.01. The highest BCUT2D eigenvalue weighted by atomic mass is 79.9. The Morgan fingerprint density at radius 2 is 2.22 bits per heavy atom. The van der Waals surface area contributed by atoms with Crippen LogP contribution in [0.3, 0.4) is 0 Å². The summed E-state index contributed by atoms with van der Waals surface area (Å²) in [6, 6.07) is 3.39. The first-order chi connectivity index (χ1) is 8.60. The maximum Gasteiger partial charge on any atom is 0.145 e. The van der Waals surface area contributed by atoms with Gasteiger partial charge in [-0.15, -0.1) is 0 Å². The average Bonchev–Trinajstić information content (AvgIpc) is 2.28. The lowest BCUT2D eigenvalue weighted by atomic mass is 9.89. The van der Waals surface area contributed by atoms with E-state index >= 15 is 0 Å². The molecular weight excluding hydrogens is 321 g/mol. The molecule has 2 nitrogen and oxygen atoms in total. The van der Waals surface area contributed by atoms with Crippen LogP contribution in [0.5, 0.6) is 5.75 Å². The molecule has 0 unspecified atom stereocenters. The smallest absolute Gasteiger partial charge is 0.145 e. The summed E-state index contributed by atoms with van der Waals surface area (Å²) in [6.07, 6.45) is 3.24. The van der Waals surface area contributed by atoms with Crippen molar-refractivity contribution in [1.29, 1.82) is 0 Å². The molecule has 2 rings (SSSR count). The van der Waals surface area contributed by atoms with Crippen molar-refractivity contribution in [3.8, 4) is 5.75 Å². The number of hydrogen-bond donors (Lipinski definition) is 1. The van der Waals surface area contributed by atoms with E-state index in [-0.39, 0.29) is 11.1 Å². The van der Waals surface area contributed by atoms with Gasteiger partial charge in [0, 0.05) is 12.1 Å². The number of nitrogens with one attached hydrogen (secondary N) is 1. The fraction of sp³-hybridized carbons (Fsp3) is 0.538. The van der Waals surface area contributed by atoms with Gasteiger partial charge in [-0.2, -0.15) is 0 Å². The average molecular weight is 337 g/mol. The third-order valence-corrected chi connectivity index (χ3v) is 3.96. The van der Waals surface area contributed by atoms with Crippen LogP contribution in [-0.2, 0) is 0 Å². The topological polar surface area (TPSA) is 21.3 Å². The molecule has 100 valence electrons. The summed E-state index contributed by atoms with van der Waals surface area (Å²) in [5.41, 5.74) is 0. The molecule has 1 N–H and O–H groups in total. The van der Waals surface area contributed by atoms with E-state index in [9.17, 15) is 4.39 Å². The second-order valence-corrected chi connectivity index (χ2v) is 5.82. The van der Waals surface area contributed by atoms with Gasteiger partial charge in [0.1, 0.15) is 17.7 Å². The molecule has 18 heavy (non-hydrogen) atoms. The first-order valence-corrected chi connectivity index (χ1v) is 7.31. The van der Waals surface area contributed by atoms with Crippen LogP contribution in [0.1, 0.15) is 26.2 Å². The Labute approximate surface area is 120 Å². The predicted octanol–water partition coefficient (Wildman–Crippen LogP) is 4.15. The second kappa shape index (κ2) is 6.22. The van der Waals surface area contributed by atoms with E-state index in [2.05, 4.69) is 28.2 Å². The summed E-state index contributed by atoms with van der Waals surface area (Å²) in [7, 11) is 0. The molecule has 0 radical (unpaired) electrons. The van der Waals surface area contributed by atoms with Crippen molar-refractivity contribution in [2.75, 3.05) is 6.54 Å². The summed E-state index contributed by atoms with van der Waals surface area (Å²) in [6.45, 7) is 3.18. The minimum absolute atomic E-state index is 0.102. The van der Waals surface area contributed by atoms with Gasteiger partial charge in [-0.25, -0.2) is 4.39 Å². The van der Waals surface area contributed by atoms with Crippen molar-refractivity contribution in [1.82, 2.24) is 5.32 Å². The minimum Gasteiger partial charge on any atom is -0.489 e. The SMILES string of the molecule is CCCNC1CC(Oc2cc(F)c(Cl)cc2Br)C1. The zero-order chi connectivity index (χ0) is 13.1. The second-order valence-electron chi connectivity index (χ2n) is 4.56. The van der Waals surface area contributed by atoms with Crippen LogP contribution in [-0.4, -0.2) is 18.7 Å². The third kappa shape index (κ3) is 3.37. The first-order valence-electron chi connectivity index (χ1n) is 6.14. The van der Waals surface area contributed by atoms with Gasteiger partial charge in [-0.3, -0.25) is 0 Å². The Kier molecular flexibility index (Phi) is 4.87. The van der Waals surface area contributed by atoms with Crippen LogP contribution >= 0.6 is 27.5 Å².